The van der Waals surface area contributed by atoms with E-state index in [9.17, 15) is 4.79 Å². The van der Waals surface area contributed by atoms with Crippen molar-refractivity contribution in [1.82, 2.24) is 4.57 Å². The van der Waals surface area contributed by atoms with E-state index in [-0.39, 0.29) is 6.42 Å². The van der Waals surface area contributed by atoms with Gasteiger partial charge >= 0.3 is 5.97 Å². The second-order valence-corrected chi connectivity index (χ2v) is 4.17. The molecule has 0 aliphatic carbocycles. The van der Waals surface area contributed by atoms with Crippen molar-refractivity contribution in [3.63, 3.8) is 0 Å². The summed E-state index contributed by atoms with van der Waals surface area (Å²) in [4.78, 5) is 10.6. The van der Waals surface area contributed by atoms with Crippen LogP contribution in [0.2, 0.25) is 0 Å². The Hall–Kier alpha value is -1.77. The molecule has 16 heavy (non-hydrogen) atoms. The summed E-state index contributed by atoms with van der Waals surface area (Å²) in [7, 11) is 0. The molecule has 1 N–H and O–H groups in total. The zero-order chi connectivity index (χ0) is 11.7. The highest BCUT2D eigenvalue weighted by molar-refractivity contribution is 5.84. The first-order valence-corrected chi connectivity index (χ1v) is 5.36. The monoisotopic (exact) mass is 217 g/mol. The fraction of sp³-hybridized carbons (Fsp3) is 0.308. The van der Waals surface area contributed by atoms with Gasteiger partial charge in [-0.05, 0) is 31.5 Å². The van der Waals surface area contributed by atoms with E-state index in [1.54, 1.807) is 0 Å². The van der Waals surface area contributed by atoms with Crippen LogP contribution in [0.3, 0.4) is 0 Å². The summed E-state index contributed by atoms with van der Waals surface area (Å²) < 4.78 is 2.01. The molecule has 2 rings (SSSR count). The van der Waals surface area contributed by atoms with E-state index in [0.29, 0.717) is 6.54 Å². The third-order valence-corrected chi connectivity index (χ3v) is 2.76. The maximum atomic E-state index is 10.6. The smallest absolute Gasteiger partial charge is 0.305 e. The molecule has 0 amide bonds. The predicted molar refractivity (Wildman–Crippen MR) is 63.7 cm³/mol. The Kier molecular flexibility index (Phi) is 2.69. The van der Waals surface area contributed by atoms with Gasteiger partial charge in [-0.1, -0.05) is 11.6 Å². The van der Waals surface area contributed by atoms with Crippen molar-refractivity contribution in [3.05, 3.63) is 35.5 Å². The van der Waals surface area contributed by atoms with E-state index in [4.69, 9.17) is 5.11 Å². The van der Waals surface area contributed by atoms with Crippen LogP contribution in [0.15, 0.2) is 24.4 Å². The van der Waals surface area contributed by atoms with E-state index >= 15 is 0 Å². The van der Waals surface area contributed by atoms with Gasteiger partial charge in [0.1, 0.15) is 0 Å². The minimum atomic E-state index is -0.758. The summed E-state index contributed by atoms with van der Waals surface area (Å²) in [5, 5.41) is 9.87. The van der Waals surface area contributed by atoms with Gasteiger partial charge in [0.05, 0.1) is 11.9 Å². The first-order valence-electron chi connectivity index (χ1n) is 5.36. The molecule has 0 saturated carbocycles. The molecule has 0 aliphatic rings. The summed E-state index contributed by atoms with van der Waals surface area (Å²) in [5.41, 5.74) is 3.58. The van der Waals surface area contributed by atoms with Gasteiger partial charge in [-0.15, -0.1) is 0 Å². The van der Waals surface area contributed by atoms with Gasteiger partial charge in [0.2, 0.25) is 0 Å². The molecule has 3 heteroatoms. The number of benzene rings is 1. The van der Waals surface area contributed by atoms with Crippen LogP contribution in [0.4, 0.5) is 0 Å². The van der Waals surface area contributed by atoms with Gasteiger partial charge in [0, 0.05) is 18.1 Å². The molecule has 0 aliphatic heterocycles. The molecule has 0 bridgehead atoms. The first kappa shape index (κ1) is 10.7. The quantitative estimate of drug-likeness (QED) is 0.858. The van der Waals surface area contributed by atoms with Crippen LogP contribution < -0.4 is 0 Å². The zero-order valence-corrected chi connectivity index (χ0v) is 9.53. The van der Waals surface area contributed by atoms with Gasteiger partial charge in [-0.2, -0.15) is 0 Å². The van der Waals surface area contributed by atoms with Crippen LogP contribution in [0.5, 0.6) is 0 Å². The number of hydrogen-bond acceptors (Lipinski definition) is 1. The van der Waals surface area contributed by atoms with Crippen molar-refractivity contribution in [1.29, 1.82) is 0 Å². The Labute approximate surface area is 94.3 Å². The maximum Gasteiger partial charge on any atom is 0.305 e. The van der Waals surface area contributed by atoms with Crippen LogP contribution >= 0.6 is 0 Å². The number of fused-ring (bicyclic) bond motifs is 1. The third kappa shape index (κ3) is 1.94. The van der Waals surface area contributed by atoms with Gasteiger partial charge in [-0.25, -0.2) is 0 Å². The third-order valence-electron chi connectivity index (χ3n) is 2.76. The number of aromatic nitrogens is 1. The highest BCUT2D eigenvalue weighted by Crippen LogP contribution is 2.22. The Balaban J connectivity index is 2.43. The van der Waals surface area contributed by atoms with E-state index < -0.39 is 5.97 Å². The molecule has 0 atom stereocenters. The number of carboxylic acids is 1. The van der Waals surface area contributed by atoms with Crippen molar-refractivity contribution >= 4 is 16.9 Å². The number of nitrogens with zero attached hydrogens (tertiary/aromatic N) is 1. The molecule has 0 spiro atoms. The number of rotatable bonds is 3. The molecule has 1 heterocycles. The lowest BCUT2D eigenvalue weighted by Crippen LogP contribution is -2.03. The molecule has 2 aromatic rings. The topological polar surface area (TPSA) is 42.2 Å². The van der Waals surface area contributed by atoms with Gasteiger partial charge in [0.25, 0.3) is 0 Å². The van der Waals surface area contributed by atoms with Crippen LogP contribution in [-0.4, -0.2) is 15.6 Å². The molecule has 0 radical (unpaired) electrons. The summed E-state index contributed by atoms with van der Waals surface area (Å²) in [6.45, 7) is 4.66. The average Bonchev–Trinajstić information content (AvgIpc) is 2.57. The molecule has 1 aromatic heterocycles. The molecular weight excluding hydrogens is 202 g/mol. The molecular formula is C13H15NO2. The fourth-order valence-corrected chi connectivity index (χ4v) is 2.16. The number of carbonyl (C=O) groups is 1. The second kappa shape index (κ2) is 4.00. The molecule has 0 unspecified atom stereocenters. The lowest BCUT2D eigenvalue weighted by atomic mass is 10.1. The SMILES string of the molecule is Cc1cc(C)c2c(ccn2CCC(=O)O)c1. The molecule has 1 aromatic carbocycles. The highest BCUT2D eigenvalue weighted by atomic mass is 16.4. The number of aryl methyl sites for hydroxylation is 3. The molecule has 84 valence electrons. The summed E-state index contributed by atoms with van der Waals surface area (Å²) in [5.74, 6) is -0.758. The summed E-state index contributed by atoms with van der Waals surface area (Å²) in [6.07, 6.45) is 2.12. The Morgan fingerprint density at radius 1 is 1.38 bits per heavy atom. The standard InChI is InChI=1S/C13H15NO2/c1-9-7-10(2)13-11(8-9)3-5-14(13)6-4-12(15)16/h3,5,7-8H,4,6H2,1-2H3,(H,15,16). The van der Waals surface area contributed by atoms with Crippen molar-refractivity contribution in [3.8, 4) is 0 Å². The Morgan fingerprint density at radius 3 is 2.81 bits per heavy atom. The van der Waals surface area contributed by atoms with E-state index in [1.807, 2.05) is 16.8 Å². The maximum absolute atomic E-state index is 10.6. The summed E-state index contributed by atoms with van der Waals surface area (Å²) >= 11 is 0. The summed E-state index contributed by atoms with van der Waals surface area (Å²) in [6, 6.07) is 6.29. The number of carboxylic acid groups (broad SMARTS) is 1. The Bertz CT molecular complexity index is 540. The van der Waals surface area contributed by atoms with E-state index in [1.165, 1.54) is 16.5 Å². The lowest BCUT2D eigenvalue weighted by molar-refractivity contribution is -0.137. The number of hydrogen-bond donors (Lipinski definition) is 1. The van der Waals surface area contributed by atoms with Crippen molar-refractivity contribution < 1.29 is 9.90 Å². The van der Waals surface area contributed by atoms with Crippen LogP contribution in [0, 0.1) is 13.8 Å². The van der Waals surface area contributed by atoms with E-state index in [2.05, 4.69) is 26.0 Å². The normalized spacial score (nSPS) is 10.9. The molecule has 0 saturated heterocycles. The second-order valence-electron chi connectivity index (χ2n) is 4.17. The first-order chi connectivity index (χ1) is 7.58. The molecule has 3 nitrogen and oxygen atoms in total. The zero-order valence-electron chi connectivity index (χ0n) is 9.53. The van der Waals surface area contributed by atoms with Gasteiger partial charge in [0.15, 0.2) is 0 Å². The fourth-order valence-electron chi connectivity index (χ4n) is 2.16. The van der Waals surface area contributed by atoms with Crippen molar-refractivity contribution in [2.45, 2.75) is 26.8 Å². The van der Waals surface area contributed by atoms with Crippen LogP contribution in [0.25, 0.3) is 10.9 Å². The largest absolute Gasteiger partial charge is 0.481 e. The minimum Gasteiger partial charge on any atom is -0.481 e. The van der Waals surface area contributed by atoms with Crippen LogP contribution in [-0.2, 0) is 11.3 Å². The molecule has 0 fully saturated rings. The Morgan fingerprint density at radius 2 is 2.12 bits per heavy atom. The van der Waals surface area contributed by atoms with Crippen molar-refractivity contribution in [2.75, 3.05) is 0 Å². The van der Waals surface area contributed by atoms with Crippen molar-refractivity contribution in [2.24, 2.45) is 0 Å². The number of aliphatic carboxylic acids is 1. The minimum absolute atomic E-state index is 0.164. The van der Waals surface area contributed by atoms with Crippen LogP contribution in [0.1, 0.15) is 17.5 Å². The highest BCUT2D eigenvalue weighted by Gasteiger charge is 2.06. The van der Waals surface area contributed by atoms with E-state index in [0.717, 1.165) is 5.52 Å². The average molecular weight is 217 g/mol. The van der Waals surface area contributed by atoms with Gasteiger partial charge < -0.3 is 9.67 Å². The predicted octanol–water partition coefficient (Wildman–Crippen LogP) is 2.73. The van der Waals surface area contributed by atoms with Gasteiger partial charge in [-0.3, -0.25) is 4.79 Å². The lowest BCUT2D eigenvalue weighted by Gasteiger charge is -2.06.